The molecule has 1 aliphatic heterocycles. The maximum atomic E-state index is 13.1. The number of benzene rings is 1. The Hall–Kier alpha value is -1.66. The number of likely N-dealkylation sites (tertiary alicyclic amines) is 1. The smallest absolute Gasteiger partial charge is 0.309 e. The summed E-state index contributed by atoms with van der Waals surface area (Å²) in [6.45, 7) is 1.80. The number of methoxy groups -OCH3 is 1. The van der Waals surface area contributed by atoms with Crippen LogP contribution in [0.1, 0.15) is 12.8 Å². The van der Waals surface area contributed by atoms with Gasteiger partial charge in [-0.25, -0.2) is 4.39 Å². The maximum absolute atomic E-state index is 13.1. The molecule has 0 saturated carbocycles. The molecule has 1 amide bonds. The molecule has 0 unspecified atom stereocenters. The lowest BCUT2D eigenvalue weighted by atomic mass is 9.97. The van der Waals surface area contributed by atoms with Crippen LogP contribution >= 0.6 is 11.6 Å². The second-order valence-electron chi connectivity index (χ2n) is 5.40. The van der Waals surface area contributed by atoms with E-state index in [1.165, 1.54) is 25.3 Å². The minimum absolute atomic E-state index is 0.0240. The van der Waals surface area contributed by atoms with Gasteiger partial charge < -0.3 is 15.0 Å². The van der Waals surface area contributed by atoms with Crippen molar-refractivity contribution in [3.63, 3.8) is 0 Å². The highest BCUT2D eigenvalue weighted by atomic mass is 35.5. The number of rotatable bonds is 4. The average molecular weight is 330 g/mol. The van der Waals surface area contributed by atoms with Crippen LogP contribution in [0, 0.1) is 11.7 Å². The van der Waals surface area contributed by atoms with Crippen molar-refractivity contribution in [3.8, 4) is 0 Å². The summed E-state index contributed by atoms with van der Waals surface area (Å²) < 4.78 is 17.8. The summed E-state index contributed by atoms with van der Waals surface area (Å²) in [6, 6.07) is 4.07. The lowest BCUT2D eigenvalue weighted by molar-refractivity contribution is -0.897. The Morgan fingerprint density at radius 3 is 2.68 bits per heavy atom. The van der Waals surface area contributed by atoms with E-state index in [0.29, 0.717) is 12.2 Å². The predicted octanol–water partition coefficient (Wildman–Crippen LogP) is 0.885. The van der Waals surface area contributed by atoms with Crippen LogP contribution in [-0.4, -0.2) is 38.6 Å². The van der Waals surface area contributed by atoms with Gasteiger partial charge in [0.2, 0.25) is 0 Å². The van der Waals surface area contributed by atoms with Gasteiger partial charge in [0.15, 0.2) is 6.54 Å². The number of anilines is 1. The lowest BCUT2D eigenvalue weighted by Gasteiger charge is -2.27. The number of hydrogen-bond acceptors (Lipinski definition) is 3. The highest BCUT2D eigenvalue weighted by Crippen LogP contribution is 2.19. The van der Waals surface area contributed by atoms with E-state index >= 15 is 0 Å². The molecule has 7 heteroatoms. The summed E-state index contributed by atoms with van der Waals surface area (Å²) in [5, 5.41) is 2.68. The van der Waals surface area contributed by atoms with Gasteiger partial charge in [-0.1, -0.05) is 11.6 Å². The zero-order valence-electron chi connectivity index (χ0n) is 12.3. The molecule has 1 aromatic carbocycles. The van der Waals surface area contributed by atoms with Gasteiger partial charge in [0.1, 0.15) is 5.82 Å². The van der Waals surface area contributed by atoms with Gasteiger partial charge >= 0.3 is 5.97 Å². The number of ether oxygens (including phenoxy) is 1. The first kappa shape index (κ1) is 16.7. The Kier molecular flexibility index (Phi) is 5.74. The SMILES string of the molecule is COC(=O)C1CC[NH+](CC(=O)Nc2ccc(F)c(Cl)c2)CC1. The van der Waals surface area contributed by atoms with Crippen molar-refractivity contribution in [2.75, 3.05) is 32.1 Å². The van der Waals surface area contributed by atoms with Crippen molar-refractivity contribution in [3.05, 3.63) is 29.0 Å². The van der Waals surface area contributed by atoms with Crippen molar-refractivity contribution in [2.24, 2.45) is 5.92 Å². The zero-order chi connectivity index (χ0) is 16.1. The van der Waals surface area contributed by atoms with Gasteiger partial charge in [0, 0.05) is 18.5 Å². The molecule has 1 aromatic rings. The van der Waals surface area contributed by atoms with Crippen LogP contribution < -0.4 is 10.2 Å². The van der Waals surface area contributed by atoms with Gasteiger partial charge in [0.25, 0.3) is 5.91 Å². The first-order valence-electron chi connectivity index (χ1n) is 7.16. The van der Waals surface area contributed by atoms with Gasteiger partial charge in [-0.15, -0.1) is 0 Å². The average Bonchev–Trinajstić information content (AvgIpc) is 2.51. The Morgan fingerprint density at radius 1 is 1.41 bits per heavy atom. The normalized spacial score (nSPS) is 21.2. The summed E-state index contributed by atoms with van der Waals surface area (Å²) in [5.41, 5.74) is 0.472. The molecule has 0 aliphatic carbocycles. The van der Waals surface area contributed by atoms with Gasteiger partial charge in [-0.2, -0.15) is 0 Å². The summed E-state index contributed by atoms with van der Waals surface area (Å²) in [7, 11) is 1.39. The van der Waals surface area contributed by atoms with Crippen LogP contribution in [-0.2, 0) is 14.3 Å². The Bertz CT molecular complexity index is 560. The van der Waals surface area contributed by atoms with E-state index in [-0.39, 0.29) is 22.8 Å². The largest absolute Gasteiger partial charge is 0.469 e. The highest BCUT2D eigenvalue weighted by molar-refractivity contribution is 6.31. The van der Waals surface area contributed by atoms with Crippen molar-refractivity contribution >= 4 is 29.2 Å². The number of nitrogens with one attached hydrogen (secondary N) is 2. The topological polar surface area (TPSA) is 59.8 Å². The minimum Gasteiger partial charge on any atom is -0.469 e. The number of piperidine rings is 1. The molecule has 1 heterocycles. The van der Waals surface area contributed by atoms with Gasteiger partial charge in [-0.05, 0) is 18.2 Å². The number of amides is 1. The first-order valence-corrected chi connectivity index (χ1v) is 7.53. The molecule has 2 rings (SSSR count). The number of carbonyl (C=O) groups is 2. The quantitative estimate of drug-likeness (QED) is 0.806. The van der Waals surface area contributed by atoms with Crippen LogP contribution in [0.5, 0.6) is 0 Å². The van der Waals surface area contributed by atoms with Crippen LogP contribution in [0.4, 0.5) is 10.1 Å². The van der Waals surface area contributed by atoms with Gasteiger partial charge in [0.05, 0.1) is 31.1 Å². The molecule has 22 heavy (non-hydrogen) atoms. The molecule has 5 nitrogen and oxygen atoms in total. The second-order valence-corrected chi connectivity index (χ2v) is 5.81. The molecule has 0 aromatic heterocycles. The summed E-state index contributed by atoms with van der Waals surface area (Å²) in [6.07, 6.45) is 1.44. The fraction of sp³-hybridized carbons (Fsp3) is 0.467. The van der Waals surface area contributed by atoms with E-state index in [9.17, 15) is 14.0 Å². The van der Waals surface area contributed by atoms with Gasteiger partial charge in [-0.3, -0.25) is 9.59 Å². The van der Waals surface area contributed by atoms with Crippen LogP contribution in [0.2, 0.25) is 5.02 Å². The first-order chi connectivity index (χ1) is 10.5. The fourth-order valence-electron chi connectivity index (χ4n) is 2.61. The van der Waals surface area contributed by atoms with E-state index in [0.717, 1.165) is 30.8 Å². The van der Waals surface area contributed by atoms with E-state index in [1.54, 1.807) is 0 Å². The molecule has 0 atom stereocenters. The Labute approximate surface area is 133 Å². The molecule has 1 fully saturated rings. The molecular formula is C15H19ClFN2O3+. The number of esters is 1. The van der Waals surface area contributed by atoms with Crippen molar-refractivity contribution in [1.82, 2.24) is 0 Å². The van der Waals surface area contributed by atoms with Crippen LogP contribution in [0.25, 0.3) is 0 Å². The Morgan fingerprint density at radius 2 is 2.09 bits per heavy atom. The third-order valence-electron chi connectivity index (χ3n) is 3.84. The van der Waals surface area contributed by atoms with E-state index in [2.05, 4.69) is 5.32 Å². The molecular weight excluding hydrogens is 311 g/mol. The molecule has 2 N–H and O–H groups in total. The van der Waals surface area contributed by atoms with Crippen molar-refractivity contribution in [2.45, 2.75) is 12.8 Å². The fourth-order valence-corrected chi connectivity index (χ4v) is 2.79. The van der Waals surface area contributed by atoms with Crippen LogP contribution in [0.15, 0.2) is 18.2 Å². The molecule has 1 aliphatic rings. The molecule has 0 radical (unpaired) electrons. The predicted molar refractivity (Wildman–Crippen MR) is 80.3 cm³/mol. The molecule has 120 valence electrons. The number of quaternary nitrogens is 1. The second kappa shape index (κ2) is 7.56. The summed E-state index contributed by atoms with van der Waals surface area (Å²) in [5.74, 6) is -0.915. The van der Waals surface area contributed by atoms with E-state index in [4.69, 9.17) is 16.3 Å². The number of hydrogen-bond donors (Lipinski definition) is 2. The third-order valence-corrected chi connectivity index (χ3v) is 4.13. The van der Waals surface area contributed by atoms with E-state index in [1.807, 2.05) is 0 Å². The summed E-state index contributed by atoms with van der Waals surface area (Å²) >= 11 is 5.67. The highest BCUT2D eigenvalue weighted by Gasteiger charge is 2.29. The monoisotopic (exact) mass is 329 g/mol. The lowest BCUT2D eigenvalue weighted by Crippen LogP contribution is -3.14. The van der Waals surface area contributed by atoms with Crippen LogP contribution in [0.3, 0.4) is 0 Å². The third kappa shape index (κ3) is 4.42. The van der Waals surface area contributed by atoms with Crippen molar-refractivity contribution in [1.29, 1.82) is 0 Å². The Balaban J connectivity index is 1.80. The zero-order valence-corrected chi connectivity index (χ0v) is 13.1. The minimum atomic E-state index is -0.518. The van der Waals surface area contributed by atoms with E-state index < -0.39 is 5.82 Å². The van der Waals surface area contributed by atoms with Crippen molar-refractivity contribution < 1.29 is 23.6 Å². The number of carbonyl (C=O) groups excluding carboxylic acids is 2. The maximum Gasteiger partial charge on any atom is 0.309 e. The molecule has 0 spiro atoms. The molecule has 0 bridgehead atoms. The summed E-state index contributed by atoms with van der Waals surface area (Å²) in [4.78, 5) is 24.5. The standard InChI is InChI=1S/C15H18ClFN2O3/c1-22-15(21)10-4-6-19(7-5-10)9-14(20)18-11-2-3-13(17)12(16)8-11/h2-3,8,10H,4-7,9H2,1H3,(H,18,20)/p+1. The number of halogens is 2. The molecule has 1 saturated heterocycles.